The van der Waals surface area contributed by atoms with Gasteiger partial charge in [-0.25, -0.2) is 0 Å². The number of carboxylic acid groups (broad SMARTS) is 1. The second-order valence-corrected chi connectivity index (χ2v) is 5.50. The summed E-state index contributed by atoms with van der Waals surface area (Å²) in [6, 6.07) is 0. The molecule has 0 bridgehead atoms. The highest BCUT2D eigenvalue weighted by Gasteiger charge is 2.56. The van der Waals surface area contributed by atoms with Crippen molar-refractivity contribution < 1.29 is 19.5 Å². The fourth-order valence-electron chi connectivity index (χ4n) is 3.49. The highest BCUT2D eigenvalue weighted by molar-refractivity contribution is 6.42. The first-order valence-corrected chi connectivity index (χ1v) is 6.27. The quantitative estimate of drug-likeness (QED) is 0.761. The summed E-state index contributed by atoms with van der Waals surface area (Å²) >= 11 is 0. The van der Waals surface area contributed by atoms with Crippen molar-refractivity contribution in [3.05, 3.63) is 0 Å². The van der Waals surface area contributed by atoms with E-state index in [1.807, 2.05) is 0 Å². The number of hydrogen-bond donors (Lipinski definition) is 1. The van der Waals surface area contributed by atoms with Crippen molar-refractivity contribution in [3.63, 3.8) is 0 Å². The average Bonchev–Trinajstić information content (AvgIpc) is 2.51. The van der Waals surface area contributed by atoms with Crippen molar-refractivity contribution >= 4 is 17.5 Å². The number of aliphatic carboxylic acids is 1. The molecule has 2 saturated carbocycles. The molecule has 0 heterocycles. The second kappa shape index (κ2) is 4.24. The van der Waals surface area contributed by atoms with Crippen molar-refractivity contribution in [2.75, 3.05) is 0 Å². The maximum absolute atomic E-state index is 12.1. The first-order chi connectivity index (χ1) is 7.97. The molecule has 0 aromatic rings. The van der Waals surface area contributed by atoms with Gasteiger partial charge < -0.3 is 5.11 Å². The molecule has 0 aromatic heterocycles. The normalized spacial score (nSPS) is 37.0. The van der Waals surface area contributed by atoms with Gasteiger partial charge in [-0.1, -0.05) is 19.8 Å². The number of hydrogen-bond acceptors (Lipinski definition) is 3. The molecule has 2 rings (SSSR count). The number of carboxylic acids is 1. The largest absolute Gasteiger partial charge is 0.481 e. The average molecular weight is 238 g/mol. The van der Waals surface area contributed by atoms with Crippen molar-refractivity contribution in [1.82, 2.24) is 0 Å². The molecule has 0 saturated heterocycles. The second-order valence-electron chi connectivity index (χ2n) is 5.50. The SMILES string of the molecule is CC1(CCC(=O)O)C(=O)C(=O)C2CCCCC21. The molecule has 0 aliphatic heterocycles. The minimum absolute atomic E-state index is 0.0290. The van der Waals surface area contributed by atoms with Crippen molar-refractivity contribution in [2.24, 2.45) is 17.3 Å². The van der Waals surface area contributed by atoms with Crippen LogP contribution in [0.3, 0.4) is 0 Å². The van der Waals surface area contributed by atoms with Gasteiger partial charge in [0.1, 0.15) is 0 Å². The highest BCUT2D eigenvalue weighted by Crippen LogP contribution is 2.51. The number of carbonyl (C=O) groups excluding carboxylic acids is 2. The summed E-state index contributed by atoms with van der Waals surface area (Å²) in [7, 11) is 0. The Morgan fingerprint density at radius 2 is 2.00 bits per heavy atom. The first-order valence-electron chi connectivity index (χ1n) is 6.27. The van der Waals surface area contributed by atoms with Crippen molar-refractivity contribution in [1.29, 1.82) is 0 Å². The zero-order valence-electron chi connectivity index (χ0n) is 10.1. The van der Waals surface area contributed by atoms with Crippen LogP contribution in [-0.4, -0.2) is 22.6 Å². The summed E-state index contributed by atoms with van der Waals surface area (Å²) in [5, 5.41) is 8.74. The van der Waals surface area contributed by atoms with Gasteiger partial charge in [0, 0.05) is 17.8 Å². The Morgan fingerprint density at radius 3 is 2.65 bits per heavy atom. The predicted molar refractivity (Wildman–Crippen MR) is 60.4 cm³/mol. The van der Waals surface area contributed by atoms with E-state index >= 15 is 0 Å². The van der Waals surface area contributed by atoms with E-state index in [1.165, 1.54) is 0 Å². The van der Waals surface area contributed by atoms with Gasteiger partial charge in [0.15, 0.2) is 0 Å². The van der Waals surface area contributed by atoms with E-state index in [9.17, 15) is 14.4 Å². The Kier molecular flexibility index (Phi) is 3.06. The molecule has 1 N–H and O–H groups in total. The molecule has 2 aliphatic carbocycles. The minimum atomic E-state index is -0.897. The Balaban J connectivity index is 2.22. The van der Waals surface area contributed by atoms with Crippen LogP contribution in [0.5, 0.6) is 0 Å². The van der Waals surface area contributed by atoms with Crippen molar-refractivity contribution in [3.8, 4) is 0 Å². The molecule has 3 unspecified atom stereocenters. The van der Waals surface area contributed by atoms with Crippen LogP contribution in [0.1, 0.15) is 45.4 Å². The number of carbonyl (C=O) groups is 3. The molecular weight excluding hydrogens is 220 g/mol. The van der Waals surface area contributed by atoms with Crippen LogP contribution in [0, 0.1) is 17.3 Å². The third-order valence-corrected chi connectivity index (χ3v) is 4.52. The Morgan fingerprint density at radius 1 is 1.35 bits per heavy atom. The molecular formula is C13H18O4. The lowest BCUT2D eigenvalue weighted by Crippen LogP contribution is -2.32. The van der Waals surface area contributed by atoms with Crippen LogP contribution < -0.4 is 0 Å². The van der Waals surface area contributed by atoms with Crippen LogP contribution in [0.15, 0.2) is 0 Å². The fraction of sp³-hybridized carbons (Fsp3) is 0.769. The van der Waals surface area contributed by atoms with E-state index in [4.69, 9.17) is 5.11 Å². The third kappa shape index (κ3) is 1.90. The van der Waals surface area contributed by atoms with E-state index in [2.05, 4.69) is 0 Å². The van der Waals surface area contributed by atoms with E-state index < -0.39 is 11.4 Å². The molecule has 0 aromatic carbocycles. The lowest BCUT2D eigenvalue weighted by atomic mass is 9.68. The predicted octanol–water partition coefficient (Wildman–Crippen LogP) is 1.82. The molecule has 2 fully saturated rings. The topological polar surface area (TPSA) is 71.4 Å². The molecule has 94 valence electrons. The van der Waals surface area contributed by atoms with Gasteiger partial charge in [-0.05, 0) is 25.2 Å². The van der Waals surface area contributed by atoms with E-state index in [-0.39, 0.29) is 29.8 Å². The van der Waals surface area contributed by atoms with Gasteiger partial charge in [-0.3, -0.25) is 14.4 Å². The maximum Gasteiger partial charge on any atom is 0.303 e. The summed E-state index contributed by atoms with van der Waals surface area (Å²) in [5.74, 6) is -1.52. The van der Waals surface area contributed by atoms with E-state index in [1.54, 1.807) is 6.92 Å². The number of Topliss-reactive ketones (excluding diaryl/α,β-unsaturated/α-hetero) is 2. The maximum atomic E-state index is 12.1. The Hall–Kier alpha value is -1.19. The smallest absolute Gasteiger partial charge is 0.303 e. The number of fused-ring (bicyclic) bond motifs is 1. The number of ketones is 2. The van der Waals surface area contributed by atoms with E-state index in [0.29, 0.717) is 6.42 Å². The lowest BCUT2D eigenvalue weighted by molar-refractivity contribution is -0.141. The lowest BCUT2D eigenvalue weighted by Gasteiger charge is -2.34. The van der Waals surface area contributed by atoms with Crippen LogP contribution in [0.4, 0.5) is 0 Å². The van der Waals surface area contributed by atoms with Crippen LogP contribution in [0.2, 0.25) is 0 Å². The summed E-state index contributed by atoms with van der Waals surface area (Å²) in [6.45, 7) is 1.78. The summed E-state index contributed by atoms with van der Waals surface area (Å²) in [4.78, 5) is 34.6. The van der Waals surface area contributed by atoms with Crippen LogP contribution in [0.25, 0.3) is 0 Å². The molecule has 0 amide bonds. The summed E-state index contributed by atoms with van der Waals surface area (Å²) in [6.07, 6.45) is 4.02. The Bertz CT molecular complexity index is 374. The van der Waals surface area contributed by atoms with Gasteiger partial charge in [0.25, 0.3) is 0 Å². The zero-order valence-corrected chi connectivity index (χ0v) is 10.1. The fourth-order valence-corrected chi connectivity index (χ4v) is 3.49. The van der Waals surface area contributed by atoms with Gasteiger partial charge in [0.05, 0.1) is 0 Å². The molecule has 0 spiro atoms. The zero-order chi connectivity index (χ0) is 12.6. The highest BCUT2D eigenvalue weighted by atomic mass is 16.4. The van der Waals surface area contributed by atoms with Crippen molar-refractivity contribution in [2.45, 2.75) is 45.4 Å². The molecule has 0 radical (unpaired) electrons. The Labute approximate surface area is 100 Å². The standard InChI is InChI=1S/C13H18O4/c1-13(7-6-10(14)15)9-5-3-2-4-8(9)11(16)12(13)17/h8-9H,2-7H2,1H3,(H,14,15). The van der Waals surface area contributed by atoms with Gasteiger partial charge in [-0.15, -0.1) is 0 Å². The van der Waals surface area contributed by atoms with E-state index in [0.717, 1.165) is 25.7 Å². The molecule has 2 aliphatic rings. The molecule has 4 heteroatoms. The van der Waals surface area contributed by atoms with Crippen LogP contribution in [-0.2, 0) is 14.4 Å². The van der Waals surface area contributed by atoms with Gasteiger partial charge in [0.2, 0.25) is 11.6 Å². The molecule has 4 nitrogen and oxygen atoms in total. The van der Waals surface area contributed by atoms with Crippen LogP contribution >= 0.6 is 0 Å². The third-order valence-electron chi connectivity index (χ3n) is 4.52. The first kappa shape index (κ1) is 12.3. The number of rotatable bonds is 3. The summed E-state index contributed by atoms with van der Waals surface area (Å²) < 4.78 is 0. The molecule has 3 atom stereocenters. The monoisotopic (exact) mass is 238 g/mol. The minimum Gasteiger partial charge on any atom is -0.481 e. The molecule has 17 heavy (non-hydrogen) atoms. The van der Waals surface area contributed by atoms with Gasteiger partial charge >= 0.3 is 5.97 Å². The summed E-state index contributed by atoms with van der Waals surface area (Å²) in [5.41, 5.74) is -0.722. The van der Waals surface area contributed by atoms with Gasteiger partial charge in [-0.2, -0.15) is 0 Å².